The number of nitrogens with one attached hydrogen (secondary N) is 1. The van der Waals surface area contributed by atoms with Gasteiger partial charge in [0.2, 0.25) is 5.91 Å². The number of amides is 1. The number of para-hydroxylation sites is 2. The standard InChI is InChI=1S/C22H19NO3/c1-15(22(26)23-19-12-5-6-13-20(19)24)17-10-7-11-18(14-17)21(25)16-8-3-2-4-9-16/h2-15,24H,1H3,(H,23,26). The van der Waals surface area contributed by atoms with Gasteiger partial charge in [-0.1, -0.05) is 60.7 Å². The van der Waals surface area contributed by atoms with Crippen LogP contribution < -0.4 is 5.32 Å². The number of ketones is 1. The normalized spacial score (nSPS) is 11.6. The van der Waals surface area contributed by atoms with Crippen molar-refractivity contribution in [2.45, 2.75) is 12.8 Å². The summed E-state index contributed by atoms with van der Waals surface area (Å²) in [5.41, 5.74) is 2.24. The zero-order valence-corrected chi connectivity index (χ0v) is 14.3. The smallest absolute Gasteiger partial charge is 0.231 e. The van der Waals surface area contributed by atoms with E-state index in [1.165, 1.54) is 6.07 Å². The lowest BCUT2D eigenvalue weighted by Crippen LogP contribution is -2.19. The molecule has 0 radical (unpaired) electrons. The van der Waals surface area contributed by atoms with E-state index in [-0.39, 0.29) is 17.4 Å². The van der Waals surface area contributed by atoms with Crippen molar-refractivity contribution in [1.82, 2.24) is 0 Å². The summed E-state index contributed by atoms with van der Waals surface area (Å²) >= 11 is 0. The number of carbonyl (C=O) groups excluding carboxylic acids is 2. The molecule has 0 aliphatic heterocycles. The van der Waals surface area contributed by atoms with Gasteiger partial charge in [0, 0.05) is 11.1 Å². The minimum atomic E-state index is -0.474. The summed E-state index contributed by atoms with van der Waals surface area (Å²) in [6.07, 6.45) is 0. The van der Waals surface area contributed by atoms with E-state index >= 15 is 0 Å². The van der Waals surface area contributed by atoms with Crippen LogP contribution in [-0.4, -0.2) is 16.8 Å². The number of benzene rings is 3. The van der Waals surface area contributed by atoms with Gasteiger partial charge in [-0.25, -0.2) is 0 Å². The highest BCUT2D eigenvalue weighted by atomic mass is 16.3. The molecule has 0 saturated heterocycles. The van der Waals surface area contributed by atoms with E-state index in [1.54, 1.807) is 55.5 Å². The predicted molar refractivity (Wildman–Crippen MR) is 101 cm³/mol. The first-order valence-electron chi connectivity index (χ1n) is 8.35. The Kier molecular flexibility index (Phi) is 5.13. The Morgan fingerprint density at radius 2 is 1.50 bits per heavy atom. The van der Waals surface area contributed by atoms with Crippen LogP contribution in [0.15, 0.2) is 78.9 Å². The molecule has 26 heavy (non-hydrogen) atoms. The Balaban J connectivity index is 1.80. The number of carbonyl (C=O) groups is 2. The van der Waals surface area contributed by atoms with Gasteiger partial charge in [0.1, 0.15) is 5.75 Å². The van der Waals surface area contributed by atoms with Crippen LogP contribution in [0, 0.1) is 0 Å². The second-order valence-corrected chi connectivity index (χ2v) is 6.05. The number of phenols is 1. The topological polar surface area (TPSA) is 66.4 Å². The molecule has 0 saturated carbocycles. The molecule has 2 N–H and O–H groups in total. The van der Waals surface area contributed by atoms with Crippen molar-refractivity contribution in [2.75, 3.05) is 5.32 Å². The summed E-state index contributed by atoms with van der Waals surface area (Å²) in [5, 5.41) is 12.5. The molecule has 0 heterocycles. The zero-order valence-electron chi connectivity index (χ0n) is 14.3. The summed E-state index contributed by atoms with van der Waals surface area (Å²) in [6, 6.07) is 22.7. The van der Waals surface area contributed by atoms with Crippen molar-refractivity contribution in [3.8, 4) is 5.75 Å². The Morgan fingerprint density at radius 1 is 0.846 bits per heavy atom. The molecule has 0 fully saturated rings. The average Bonchev–Trinajstić information content (AvgIpc) is 2.69. The van der Waals surface area contributed by atoms with Crippen molar-refractivity contribution >= 4 is 17.4 Å². The number of hydrogen-bond donors (Lipinski definition) is 2. The lowest BCUT2D eigenvalue weighted by molar-refractivity contribution is -0.117. The molecule has 1 atom stereocenters. The fourth-order valence-electron chi connectivity index (χ4n) is 2.68. The molecule has 130 valence electrons. The maximum absolute atomic E-state index is 12.6. The average molecular weight is 345 g/mol. The van der Waals surface area contributed by atoms with E-state index < -0.39 is 5.92 Å². The predicted octanol–water partition coefficient (Wildman–Crippen LogP) is 4.37. The van der Waals surface area contributed by atoms with Crippen LogP contribution in [0.5, 0.6) is 5.75 Å². The number of rotatable bonds is 5. The highest BCUT2D eigenvalue weighted by Gasteiger charge is 2.18. The van der Waals surface area contributed by atoms with Gasteiger partial charge in [0.25, 0.3) is 0 Å². The summed E-state index contributed by atoms with van der Waals surface area (Å²) in [5.74, 6) is -0.796. The van der Waals surface area contributed by atoms with Gasteiger partial charge >= 0.3 is 0 Å². The van der Waals surface area contributed by atoms with Crippen LogP contribution in [0.4, 0.5) is 5.69 Å². The zero-order chi connectivity index (χ0) is 18.5. The third-order valence-corrected chi connectivity index (χ3v) is 4.24. The van der Waals surface area contributed by atoms with Crippen LogP contribution in [0.1, 0.15) is 34.3 Å². The fraction of sp³-hybridized carbons (Fsp3) is 0.0909. The van der Waals surface area contributed by atoms with E-state index in [0.29, 0.717) is 16.8 Å². The van der Waals surface area contributed by atoms with E-state index in [4.69, 9.17) is 0 Å². The minimum absolute atomic E-state index is 0.0149. The van der Waals surface area contributed by atoms with Crippen molar-refractivity contribution in [2.24, 2.45) is 0 Å². The van der Waals surface area contributed by atoms with E-state index in [1.807, 2.05) is 24.3 Å². The Bertz CT molecular complexity index is 935. The molecule has 0 spiro atoms. The minimum Gasteiger partial charge on any atom is -0.506 e. The first-order valence-corrected chi connectivity index (χ1v) is 8.35. The number of hydrogen-bond acceptors (Lipinski definition) is 3. The Labute approximate surface area is 152 Å². The number of anilines is 1. The molecule has 0 aromatic heterocycles. The molecule has 0 aliphatic carbocycles. The molecule has 4 nitrogen and oxygen atoms in total. The molecule has 0 bridgehead atoms. The van der Waals surface area contributed by atoms with E-state index in [0.717, 1.165) is 5.56 Å². The fourth-order valence-corrected chi connectivity index (χ4v) is 2.68. The first kappa shape index (κ1) is 17.4. The van der Waals surface area contributed by atoms with Crippen LogP contribution in [0.3, 0.4) is 0 Å². The third-order valence-electron chi connectivity index (χ3n) is 4.24. The van der Waals surface area contributed by atoms with Gasteiger partial charge in [-0.2, -0.15) is 0 Å². The Morgan fingerprint density at radius 3 is 2.23 bits per heavy atom. The summed E-state index contributed by atoms with van der Waals surface area (Å²) in [6.45, 7) is 1.77. The van der Waals surface area contributed by atoms with E-state index in [9.17, 15) is 14.7 Å². The molecular formula is C22H19NO3. The highest BCUT2D eigenvalue weighted by Crippen LogP contribution is 2.25. The summed E-state index contributed by atoms with van der Waals surface area (Å²) < 4.78 is 0. The van der Waals surface area contributed by atoms with Gasteiger partial charge in [0.15, 0.2) is 5.78 Å². The first-order chi connectivity index (χ1) is 12.6. The van der Waals surface area contributed by atoms with Gasteiger partial charge in [0.05, 0.1) is 11.6 Å². The second-order valence-electron chi connectivity index (χ2n) is 6.05. The molecule has 3 aromatic rings. The van der Waals surface area contributed by atoms with Gasteiger partial charge in [-0.15, -0.1) is 0 Å². The molecule has 4 heteroatoms. The van der Waals surface area contributed by atoms with Crippen LogP contribution in [0.25, 0.3) is 0 Å². The summed E-state index contributed by atoms with van der Waals surface area (Å²) in [7, 11) is 0. The SMILES string of the molecule is CC(C(=O)Nc1ccccc1O)c1cccc(C(=O)c2ccccc2)c1. The van der Waals surface area contributed by atoms with E-state index in [2.05, 4.69) is 5.32 Å². The monoisotopic (exact) mass is 345 g/mol. The Hall–Kier alpha value is -3.40. The molecule has 1 amide bonds. The molecule has 3 rings (SSSR count). The maximum atomic E-state index is 12.6. The van der Waals surface area contributed by atoms with Crippen molar-refractivity contribution in [3.63, 3.8) is 0 Å². The lowest BCUT2D eigenvalue weighted by atomic mass is 9.95. The quantitative estimate of drug-likeness (QED) is 0.533. The second kappa shape index (κ2) is 7.66. The van der Waals surface area contributed by atoms with Gasteiger partial charge in [-0.05, 0) is 30.7 Å². The molecule has 3 aromatic carbocycles. The van der Waals surface area contributed by atoms with Gasteiger partial charge in [-0.3, -0.25) is 9.59 Å². The largest absolute Gasteiger partial charge is 0.506 e. The third kappa shape index (κ3) is 3.81. The highest BCUT2D eigenvalue weighted by molar-refractivity contribution is 6.09. The number of aromatic hydroxyl groups is 1. The number of phenolic OH excluding ortho intramolecular Hbond substituents is 1. The van der Waals surface area contributed by atoms with Crippen LogP contribution >= 0.6 is 0 Å². The van der Waals surface area contributed by atoms with Gasteiger partial charge < -0.3 is 10.4 Å². The van der Waals surface area contributed by atoms with Crippen molar-refractivity contribution in [3.05, 3.63) is 95.6 Å². The van der Waals surface area contributed by atoms with Crippen LogP contribution in [0.2, 0.25) is 0 Å². The molecular weight excluding hydrogens is 326 g/mol. The van der Waals surface area contributed by atoms with Crippen molar-refractivity contribution in [1.29, 1.82) is 0 Å². The molecule has 1 unspecified atom stereocenters. The maximum Gasteiger partial charge on any atom is 0.231 e. The van der Waals surface area contributed by atoms with Crippen molar-refractivity contribution < 1.29 is 14.7 Å². The summed E-state index contributed by atoms with van der Waals surface area (Å²) in [4.78, 5) is 25.1. The molecule has 0 aliphatic rings. The lowest BCUT2D eigenvalue weighted by Gasteiger charge is -2.14. The van der Waals surface area contributed by atoms with Crippen LogP contribution in [-0.2, 0) is 4.79 Å².